The molecule has 3 unspecified atom stereocenters. The van der Waals surface area contributed by atoms with E-state index in [1.165, 1.54) is 4.88 Å². The van der Waals surface area contributed by atoms with Gasteiger partial charge in [-0.15, -0.1) is 11.3 Å². The van der Waals surface area contributed by atoms with Gasteiger partial charge in [0.15, 0.2) is 0 Å². The summed E-state index contributed by atoms with van der Waals surface area (Å²) in [7, 11) is 1.88. The van der Waals surface area contributed by atoms with Gasteiger partial charge >= 0.3 is 5.97 Å². The second-order valence-electron chi connectivity index (χ2n) is 6.80. The molecule has 1 heterocycles. The van der Waals surface area contributed by atoms with Crippen molar-refractivity contribution in [1.29, 1.82) is 0 Å². The van der Waals surface area contributed by atoms with Crippen molar-refractivity contribution in [3.05, 3.63) is 15.6 Å². The quantitative estimate of drug-likeness (QED) is 0.920. The van der Waals surface area contributed by atoms with Gasteiger partial charge in [0, 0.05) is 13.0 Å². The zero-order valence-corrected chi connectivity index (χ0v) is 14.6. The van der Waals surface area contributed by atoms with Crippen LogP contribution < -0.4 is 0 Å². The summed E-state index contributed by atoms with van der Waals surface area (Å²) in [5.74, 6) is -1.16. The number of hydrogen-bond acceptors (Lipinski definition) is 4. The van der Waals surface area contributed by atoms with E-state index in [4.69, 9.17) is 0 Å². The van der Waals surface area contributed by atoms with E-state index in [1.807, 2.05) is 18.9 Å². The van der Waals surface area contributed by atoms with Gasteiger partial charge in [-0.3, -0.25) is 9.59 Å². The van der Waals surface area contributed by atoms with Gasteiger partial charge in [0.25, 0.3) is 0 Å². The van der Waals surface area contributed by atoms with Crippen LogP contribution in [-0.2, 0) is 16.0 Å². The molecule has 1 aromatic rings. The Morgan fingerprint density at radius 2 is 1.96 bits per heavy atom. The fourth-order valence-corrected chi connectivity index (χ4v) is 5.12. The summed E-state index contributed by atoms with van der Waals surface area (Å²) in [4.78, 5) is 31.8. The average molecular weight is 336 g/mol. The number of amides is 1. The van der Waals surface area contributed by atoms with Crippen LogP contribution in [0.2, 0.25) is 0 Å². The molecule has 6 heteroatoms. The Balaban J connectivity index is 1.74. The van der Waals surface area contributed by atoms with Crippen LogP contribution in [0.1, 0.15) is 60.1 Å². The normalized spacial score (nSPS) is 27.3. The molecule has 0 spiro atoms. The summed E-state index contributed by atoms with van der Waals surface area (Å²) < 4.78 is 0. The number of aliphatic carboxylic acids is 1. The number of hydrogen-bond donors (Lipinski definition) is 1. The molecule has 1 aromatic heterocycles. The minimum atomic E-state index is -0.761. The van der Waals surface area contributed by atoms with Crippen molar-refractivity contribution < 1.29 is 14.7 Å². The van der Waals surface area contributed by atoms with Gasteiger partial charge in [-0.2, -0.15) is 0 Å². The van der Waals surface area contributed by atoms with E-state index in [0.29, 0.717) is 12.8 Å². The van der Waals surface area contributed by atoms with Gasteiger partial charge in [-0.1, -0.05) is 6.42 Å². The number of aromatic nitrogens is 1. The third-order valence-electron chi connectivity index (χ3n) is 5.22. The highest BCUT2D eigenvalue weighted by Gasteiger charge is 2.36. The molecule has 0 radical (unpaired) electrons. The first-order valence-corrected chi connectivity index (χ1v) is 9.24. The lowest BCUT2D eigenvalue weighted by molar-refractivity contribution is -0.145. The van der Waals surface area contributed by atoms with Crippen LogP contribution in [0.5, 0.6) is 0 Å². The zero-order chi connectivity index (χ0) is 16.6. The maximum atomic E-state index is 12.9. The van der Waals surface area contributed by atoms with E-state index in [2.05, 4.69) is 4.98 Å². The molecular weight excluding hydrogens is 312 g/mol. The minimum absolute atomic E-state index is 0.111. The Morgan fingerprint density at radius 3 is 2.70 bits per heavy atom. The number of carboxylic acids is 1. The molecule has 2 aliphatic carbocycles. The van der Waals surface area contributed by atoms with E-state index in [9.17, 15) is 14.7 Å². The second-order valence-corrected chi connectivity index (χ2v) is 8.03. The van der Waals surface area contributed by atoms with Crippen molar-refractivity contribution in [1.82, 2.24) is 9.88 Å². The minimum Gasteiger partial charge on any atom is -0.481 e. The topological polar surface area (TPSA) is 70.5 Å². The van der Waals surface area contributed by atoms with Crippen LogP contribution in [0.3, 0.4) is 0 Å². The number of carbonyl (C=O) groups excluding carboxylic acids is 1. The van der Waals surface area contributed by atoms with Gasteiger partial charge < -0.3 is 10.0 Å². The van der Waals surface area contributed by atoms with Crippen LogP contribution in [0, 0.1) is 18.8 Å². The van der Waals surface area contributed by atoms with Crippen molar-refractivity contribution in [3.8, 4) is 0 Å². The summed E-state index contributed by atoms with van der Waals surface area (Å²) in [6, 6.07) is 0.114. The predicted octanol–water partition coefficient (Wildman–Crippen LogP) is 3.18. The van der Waals surface area contributed by atoms with Crippen LogP contribution >= 0.6 is 11.3 Å². The van der Waals surface area contributed by atoms with Crippen molar-refractivity contribution >= 4 is 23.2 Å². The number of carboxylic acid groups (broad SMARTS) is 1. The summed E-state index contributed by atoms with van der Waals surface area (Å²) in [6.07, 6.45) is 5.87. The van der Waals surface area contributed by atoms with Crippen molar-refractivity contribution in [2.24, 2.45) is 11.8 Å². The number of fused-ring (bicyclic) bond motifs is 1. The molecule has 0 aromatic carbocycles. The van der Waals surface area contributed by atoms with Crippen LogP contribution in [-0.4, -0.2) is 33.9 Å². The second kappa shape index (κ2) is 6.59. The summed E-state index contributed by atoms with van der Waals surface area (Å²) in [5.41, 5.74) is 1.15. The first-order valence-electron chi connectivity index (χ1n) is 8.43. The van der Waals surface area contributed by atoms with E-state index in [-0.39, 0.29) is 23.8 Å². The Hall–Kier alpha value is -1.43. The molecule has 3 atom stereocenters. The molecule has 0 bridgehead atoms. The zero-order valence-electron chi connectivity index (χ0n) is 13.7. The largest absolute Gasteiger partial charge is 0.481 e. The van der Waals surface area contributed by atoms with E-state index < -0.39 is 5.97 Å². The van der Waals surface area contributed by atoms with Gasteiger partial charge in [-0.05, 0) is 45.4 Å². The highest BCUT2D eigenvalue weighted by atomic mass is 32.1. The molecule has 3 rings (SSSR count). The summed E-state index contributed by atoms with van der Waals surface area (Å²) in [5, 5.41) is 10.3. The number of thiazole rings is 1. The standard InChI is InChI=1S/C17H24N2O3S/c1-10-18-13-7-4-8-14(15(13)23-10)19(2)16(20)11-5-3-6-12(9-11)17(21)22/h11-12,14H,3-9H2,1-2H3,(H,21,22). The summed E-state index contributed by atoms with van der Waals surface area (Å²) >= 11 is 1.70. The van der Waals surface area contributed by atoms with E-state index >= 15 is 0 Å². The highest BCUT2D eigenvalue weighted by Crippen LogP contribution is 2.39. The monoisotopic (exact) mass is 336 g/mol. The highest BCUT2D eigenvalue weighted by molar-refractivity contribution is 7.11. The van der Waals surface area contributed by atoms with E-state index in [1.54, 1.807) is 11.3 Å². The third kappa shape index (κ3) is 3.27. The number of rotatable bonds is 3. The van der Waals surface area contributed by atoms with Gasteiger partial charge in [-0.25, -0.2) is 4.98 Å². The van der Waals surface area contributed by atoms with Crippen LogP contribution in [0.4, 0.5) is 0 Å². The molecule has 1 amide bonds. The Morgan fingerprint density at radius 1 is 1.22 bits per heavy atom. The summed E-state index contributed by atoms with van der Waals surface area (Å²) in [6.45, 7) is 2.01. The molecule has 1 fully saturated rings. The van der Waals surface area contributed by atoms with Crippen LogP contribution in [0.15, 0.2) is 0 Å². The predicted molar refractivity (Wildman–Crippen MR) is 88.4 cm³/mol. The molecule has 23 heavy (non-hydrogen) atoms. The number of nitrogens with zero attached hydrogens (tertiary/aromatic N) is 2. The SMILES string of the molecule is Cc1nc2c(s1)C(N(C)C(=O)C1CCCC(C(=O)O)C1)CCC2. The van der Waals surface area contributed by atoms with Crippen molar-refractivity contribution in [2.45, 2.75) is 57.9 Å². The smallest absolute Gasteiger partial charge is 0.306 e. The lowest BCUT2D eigenvalue weighted by atomic mass is 9.80. The molecule has 1 saturated carbocycles. The molecule has 1 N–H and O–H groups in total. The van der Waals surface area contributed by atoms with Crippen molar-refractivity contribution in [2.75, 3.05) is 7.05 Å². The van der Waals surface area contributed by atoms with E-state index in [0.717, 1.165) is 42.8 Å². The number of aryl methyl sites for hydroxylation is 2. The van der Waals surface area contributed by atoms with Gasteiger partial charge in [0.2, 0.25) is 5.91 Å². The Labute approximate surface area is 140 Å². The Bertz CT molecular complexity index is 613. The first kappa shape index (κ1) is 16.4. The number of carbonyl (C=O) groups is 2. The molecule has 0 saturated heterocycles. The van der Waals surface area contributed by atoms with Crippen molar-refractivity contribution in [3.63, 3.8) is 0 Å². The van der Waals surface area contributed by atoms with Gasteiger partial charge in [0.1, 0.15) is 0 Å². The maximum Gasteiger partial charge on any atom is 0.306 e. The van der Waals surface area contributed by atoms with Crippen LogP contribution in [0.25, 0.3) is 0 Å². The Kier molecular flexibility index (Phi) is 4.71. The molecule has 126 valence electrons. The third-order valence-corrected chi connectivity index (χ3v) is 6.33. The molecule has 2 aliphatic rings. The molecule has 0 aliphatic heterocycles. The molecular formula is C17H24N2O3S. The molecule has 5 nitrogen and oxygen atoms in total. The fraction of sp³-hybridized carbons (Fsp3) is 0.706. The lowest BCUT2D eigenvalue weighted by Gasteiger charge is -2.35. The fourth-order valence-electron chi connectivity index (χ4n) is 3.97. The maximum absolute atomic E-state index is 12.9. The van der Waals surface area contributed by atoms with Gasteiger partial charge in [0.05, 0.1) is 27.5 Å². The average Bonchev–Trinajstić information content (AvgIpc) is 2.93. The first-order chi connectivity index (χ1) is 11.0. The lowest BCUT2D eigenvalue weighted by Crippen LogP contribution is -2.39.